The molecule has 2 N–H and O–H groups in total. The van der Waals surface area contributed by atoms with Gasteiger partial charge in [-0.05, 0) is 43.6 Å². The Morgan fingerprint density at radius 3 is 2.60 bits per heavy atom. The maximum atomic E-state index is 12.3. The molecule has 0 aromatic carbocycles. The van der Waals surface area contributed by atoms with Crippen LogP contribution < -0.4 is 5.32 Å². The van der Waals surface area contributed by atoms with Crippen LogP contribution in [0.2, 0.25) is 0 Å². The molecule has 2 rings (SSSR count). The van der Waals surface area contributed by atoms with Crippen molar-refractivity contribution in [2.45, 2.75) is 51.5 Å². The molecule has 5 heteroatoms. The Morgan fingerprint density at radius 1 is 1.45 bits per heavy atom. The predicted octanol–water partition coefficient (Wildman–Crippen LogP) is 1.82. The molecule has 0 spiro atoms. The van der Waals surface area contributed by atoms with Gasteiger partial charge in [0.25, 0.3) is 5.91 Å². The van der Waals surface area contributed by atoms with Crippen molar-refractivity contribution in [2.24, 2.45) is 13.0 Å². The summed E-state index contributed by atoms with van der Waals surface area (Å²) in [6.07, 6.45) is 3.88. The maximum absolute atomic E-state index is 12.3. The van der Waals surface area contributed by atoms with Crippen molar-refractivity contribution in [1.82, 2.24) is 15.1 Å². The SMILES string of the molecule is CC(C)c1cc(C(=O)NC2CCC(CO)CC2)n(C)n1. The lowest BCUT2D eigenvalue weighted by molar-refractivity contribution is 0.0904. The molecule has 0 saturated heterocycles. The van der Waals surface area contributed by atoms with Crippen molar-refractivity contribution >= 4 is 5.91 Å². The van der Waals surface area contributed by atoms with E-state index in [1.807, 2.05) is 13.1 Å². The molecule has 0 aliphatic heterocycles. The molecule has 5 nitrogen and oxygen atoms in total. The summed E-state index contributed by atoms with van der Waals surface area (Å²) >= 11 is 0. The van der Waals surface area contributed by atoms with Crippen LogP contribution >= 0.6 is 0 Å². The molecular formula is C15H25N3O2. The molecule has 1 saturated carbocycles. The van der Waals surface area contributed by atoms with Gasteiger partial charge in [-0.3, -0.25) is 9.48 Å². The van der Waals surface area contributed by atoms with Crippen LogP contribution in [0.5, 0.6) is 0 Å². The van der Waals surface area contributed by atoms with Gasteiger partial charge >= 0.3 is 0 Å². The number of nitrogens with zero attached hydrogens (tertiary/aromatic N) is 2. The number of hydrogen-bond donors (Lipinski definition) is 2. The van der Waals surface area contributed by atoms with Gasteiger partial charge in [-0.25, -0.2) is 0 Å². The van der Waals surface area contributed by atoms with Gasteiger partial charge in [0.1, 0.15) is 5.69 Å². The first-order valence-electron chi connectivity index (χ1n) is 7.47. The van der Waals surface area contributed by atoms with Gasteiger partial charge in [-0.1, -0.05) is 13.8 Å². The Kier molecular flexibility index (Phi) is 4.81. The zero-order valence-corrected chi connectivity index (χ0v) is 12.6. The molecule has 0 unspecified atom stereocenters. The highest BCUT2D eigenvalue weighted by Crippen LogP contribution is 2.24. The smallest absolute Gasteiger partial charge is 0.269 e. The van der Waals surface area contributed by atoms with E-state index < -0.39 is 0 Å². The number of aliphatic hydroxyl groups is 1. The van der Waals surface area contributed by atoms with Crippen LogP contribution in [0.4, 0.5) is 0 Å². The van der Waals surface area contributed by atoms with Crippen molar-refractivity contribution in [3.8, 4) is 0 Å². The van der Waals surface area contributed by atoms with Gasteiger partial charge in [0.2, 0.25) is 0 Å². The first kappa shape index (κ1) is 15.0. The van der Waals surface area contributed by atoms with Gasteiger partial charge in [0.15, 0.2) is 0 Å². The Labute approximate surface area is 120 Å². The predicted molar refractivity (Wildman–Crippen MR) is 77.6 cm³/mol. The molecule has 1 aromatic heterocycles. The summed E-state index contributed by atoms with van der Waals surface area (Å²) < 4.78 is 1.66. The van der Waals surface area contributed by atoms with E-state index in [-0.39, 0.29) is 18.6 Å². The highest BCUT2D eigenvalue weighted by Gasteiger charge is 2.23. The van der Waals surface area contributed by atoms with E-state index in [4.69, 9.17) is 5.11 Å². The number of rotatable bonds is 4. The van der Waals surface area contributed by atoms with E-state index in [1.165, 1.54) is 0 Å². The minimum atomic E-state index is -0.0423. The van der Waals surface area contributed by atoms with Crippen molar-refractivity contribution in [2.75, 3.05) is 6.61 Å². The third-order valence-corrected chi connectivity index (χ3v) is 4.16. The van der Waals surface area contributed by atoms with Crippen LogP contribution in [-0.4, -0.2) is 33.4 Å². The maximum Gasteiger partial charge on any atom is 0.269 e. The minimum Gasteiger partial charge on any atom is -0.396 e. The first-order chi connectivity index (χ1) is 9.51. The van der Waals surface area contributed by atoms with Crippen LogP contribution in [0.25, 0.3) is 0 Å². The highest BCUT2D eigenvalue weighted by atomic mass is 16.3. The van der Waals surface area contributed by atoms with E-state index in [0.29, 0.717) is 17.5 Å². The second kappa shape index (κ2) is 6.39. The van der Waals surface area contributed by atoms with Crippen molar-refractivity contribution in [1.29, 1.82) is 0 Å². The molecular weight excluding hydrogens is 254 g/mol. The first-order valence-corrected chi connectivity index (χ1v) is 7.47. The third-order valence-electron chi connectivity index (χ3n) is 4.16. The molecule has 20 heavy (non-hydrogen) atoms. The summed E-state index contributed by atoms with van der Waals surface area (Å²) in [5, 5.41) is 16.6. The normalized spacial score (nSPS) is 23.1. The fraction of sp³-hybridized carbons (Fsp3) is 0.733. The third kappa shape index (κ3) is 3.39. The zero-order valence-electron chi connectivity index (χ0n) is 12.6. The van der Waals surface area contributed by atoms with E-state index in [2.05, 4.69) is 24.3 Å². The number of amides is 1. The molecule has 0 radical (unpaired) electrons. The Bertz CT molecular complexity index is 460. The molecule has 0 atom stereocenters. The molecule has 1 aliphatic rings. The highest BCUT2D eigenvalue weighted by molar-refractivity contribution is 5.92. The average Bonchev–Trinajstić information content (AvgIpc) is 2.82. The molecule has 0 bridgehead atoms. The topological polar surface area (TPSA) is 67.2 Å². The fourth-order valence-corrected chi connectivity index (χ4v) is 2.73. The molecule has 112 valence electrons. The minimum absolute atomic E-state index is 0.0423. The lowest BCUT2D eigenvalue weighted by Crippen LogP contribution is -2.38. The van der Waals surface area contributed by atoms with Crippen molar-refractivity contribution in [3.63, 3.8) is 0 Å². The van der Waals surface area contributed by atoms with Crippen LogP contribution in [0.3, 0.4) is 0 Å². The number of aliphatic hydroxyl groups excluding tert-OH is 1. The van der Waals surface area contributed by atoms with Crippen LogP contribution in [-0.2, 0) is 7.05 Å². The quantitative estimate of drug-likeness (QED) is 0.883. The lowest BCUT2D eigenvalue weighted by atomic mass is 9.86. The van der Waals surface area contributed by atoms with Gasteiger partial charge < -0.3 is 10.4 Å². The molecule has 1 amide bonds. The second-order valence-corrected chi connectivity index (χ2v) is 6.11. The lowest BCUT2D eigenvalue weighted by Gasteiger charge is -2.27. The van der Waals surface area contributed by atoms with E-state index in [0.717, 1.165) is 31.4 Å². The number of carbonyl (C=O) groups is 1. The van der Waals surface area contributed by atoms with Gasteiger partial charge in [0.05, 0.1) is 5.69 Å². The number of hydrogen-bond acceptors (Lipinski definition) is 3. The molecule has 1 fully saturated rings. The molecule has 1 aromatic rings. The second-order valence-electron chi connectivity index (χ2n) is 6.11. The monoisotopic (exact) mass is 279 g/mol. The summed E-state index contributed by atoms with van der Waals surface area (Å²) in [5.41, 5.74) is 1.57. The van der Waals surface area contributed by atoms with Crippen molar-refractivity contribution in [3.05, 3.63) is 17.5 Å². The van der Waals surface area contributed by atoms with E-state index in [1.54, 1.807) is 4.68 Å². The number of nitrogens with one attached hydrogen (secondary N) is 1. The Hall–Kier alpha value is -1.36. The Balaban J connectivity index is 1.95. The summed E-state index contributed by atoms with van der Waals surface area (Å²) in [7, 11) is 1.81. The molecule has 1 aliphatic carbocycles. The van der Waals surface area contributed by atoms with Crippen LogP contribution in [0.1, 0.15) is 61.6 Å². The van der Waals surface area contributed by atoms with Gasteiger partial charge in [-0.2, -0.15) is 5.10 Å². The average molecular weight is 279 g/mol. The number of aromatic nitrogens is 2. The Morgan fingerprint density at radius 2 is 2.10 bits per heavy atom. The van der Waals surface area contributed by atoms with Crippen LogP contribution in [0, 0.1) is 5.92 Å². The number of aryl methyl sites for hydroxylation is 1. The fourth-order valence-electron chi connectivity index (χ4n) is 2.73. The van der Waals surface area contributed by atoms with E-state index >= 15 is 0 Å². The van der Waals surface area contributed by atoms with Gasteiger partial charge in [-0.15, -0.1) is 0 Å². The largest absolute Gasteiger partial charge is 0.396 e. The summed E-state index contributed by atoms with van der Waals surface area (Å²) in [5.74, 6) is 0.689. The zero-order chi connectivity index (χ0) is 14.7. The summed E-state index contributed by atoms with van der Waals surface area (Å²) in [6.45, 7) is 4.40. The summed E-state index contributed by atoms with van der Waals surface area (Å²) in [4.78, 5) is 12.3. The molecule has 1 heterocycles. The van der Waals surface area contributed by atoms with E-state index in [9.17, 15) is 4.79 Å². The number of carbonyl (C=O) groups excluding carboxylic acids is 1. The van der Waals surface area contributed by atoms with Crippen molar-refractivity contribution < 1.29 is 9.90 Å². The summed E-state index contributed by atoms with van der Waals surface area (Å²) in [6, 6.07) is 2.10. The van der Waals surface area contributed by atoms with Gasteiger partial charge in [0, 0.05) is 19.7 Å². The standard InChI is InChI=1S/C15H25N3O2/c1-10(2)13-8-14(18(3)17-13)15(20)16-12-6-4-11(9-19)5-7-12/h8,10-12,19H,4-7,9H2,1-3H3,(H,16,20). The van der Waals surface area contributed by atoms with Crippen LogP contribution in [0.15, 0.2) is 6.07 Å².